The van der Waals surface area contributed by atoms with Crippen LogP contribution in [0.15, 0.2) is 0 Å². The van der Waals surface area contributed by atoms with E-state index >= 15 is 0 Å². The molecule has 0 aliphatic heterocycles. The molecular weight excluding hydrogens is 212 g/mol. The zero-order chi connectivity index (χ0) is 12.3. The Hall–Kier alpha value is -0.120. The van der Waals surface area contributed by atoms with Gasteiger partial charge in [0.1, 0.15) is 0 Å². The number of nitrogens with two attached hydrogens (primary N) is 1. The lowest BCUT2D eigenvalue weighted by molar-refractivity contribution is -0.0224. The van der Waals surface area contributed by atoms with E-state index in [0.29, 0.717) is 18.5 Å². The van der Waals surface area contributed by atoms with Gasteiger partial charge in [-0.3, -0.25) is 4.90 Å². The SMILES string of the molecule is CCN(CC(O)(CN)C1CC1)C1CCCCC1. The number of nitrogens with zero attached hydrogens (tertiary/aromatic N) is 1. The van der Waals surface area contributed by atoms with Crippen LogP contribution in [0.2, 0.25) is 0 Å². The van der Waals surface area contributed by atoms with Crippen LogP contribution in [0, 0.1) is 5.92 Å². The zero-order valence-corrected chi connectivity index (χ0v) is 11.2. The molecule has 0 spiro atoms. The second kappa shape index (κ2) is 5.68. The Bertz CT molecular complexity index is 236. The highest BCUT2D eigenvalue weighted by Crippen LogP contribution is 2.40. The Labute approximate surface area is 105 Å². The average molecular weight is 240 g/mol. The van der Waals surface area contributed by atoms with E-state index in [-0.39, 0.29) is 0 Å². The van der Waals surface area contributed by atoms with Crippen molar-refractivity contribution in [2.75, 3.05) is 19.6 Å². The largest absolute Gasteiger partial charge is 0.387 e. The Morgan fingerprint density at radius 2 is 1.82 bits per heavy atom. The van der Waals surface area contributed by atoms with Crippen molar-refractivity contribution in [1.29, 1.82) is 0 Å². The van der Waals surface area contributed by atoms with Gasteiger partial charge in [-0.1, -0.05) is 26.2 Å². The van der Waals surface area contributed by atoms with Crippen LogP contribution in [0.4, 0.5) is 0 Å². The van der Waals surface area contributed by atoms with Gasteiger partial charge >= 0.3 is 0 Å². The van der Waals surface area contributed by atoms with Crippen LogP contribution in [0.25, 0.3) is 0 Å². The molecule has 2 rings (SSSR count). The molecule has 0 amide bonds. The number of likely N-dealkylation sites (N-methyl/N-ethyl adjacent to an activating group) is 1. The first-order valence-electron chi connectivity index (χ1n) is 7.36. The Balaban J connectivity index is 1.92. The molecule has 0 heterocycles. The van der Waals surface area contributed by atoms with Crippen molar-refractivity contribution in [1.82, 2.24) is 4.90 Å². The lowest BCUT2D eigenvalue weighted by Crippen LogP contribution is -2.53. The van der Waals surface area contributed by atoms with Crippen LogP contribution in [0.1, 0.15) is 51.9 Å². The third-order valence-corrected chi connectivity index (χ3v) is 4.66. The van der Waals surface area contributed by atoms with E-state index in [9.17, 15) is 5.11 Å². The highest BCUT2D eigenvalue weighted by atomic mass is 16.3. The van der Waals surface area contributed by atoms with Gasteiger partial charge in [-0.05, 0) is 38.1 Å². The van der Waals surface area contributed by atoms with Gasteiger partial charge in [0.2, 0.25) is 0 Å². The van der Waals surface area contributed by atoms with Gasteiger partial charge in [-0.25, -0.2) is 0 Å². The summed E-state index contributed by atoms with van der Waals surface area (Å²) in [6, 6.07) is 0.686. The number of aliphatic hydroxyl groups is 1. The second-order valence-electron chi connectivity index (χ2n) is 5.94. The minimum absolute atomic E-state index is 0.418. The van der Waals surface area contributed by atoms with Crippen LogP contribution in [0.5, 0.6) is 0 Å². The maximum Gasteiger partial charge on any atom is 0.0923 e. The van der Waals surface area contributed by atoms with Crippen LogP contribution < -0.4 is 5.73 Å². The quantitative estimate of drug-likeness (QED) is 0.743. The summed E-state index contributed by atoms with van der Waals surface area (Å²) in [4.78, 5) is 2.48. The number of rotatable bonds is 6. The summed E-state index contributed by atoms with van der Waals surface area (Å²) in [6.45, 7) is 4.45. The second-order valence-corrected chi connectivity index (χ2v) is 5.94. The van der Waals surface area contributed by atoms with Gasteiger partial charge in [-0.15, -0.1) is 0 Å². The van der Waals surface area contributed by atoms with E-state index in [1.54, 1.807) is 0 Å². The molecule has 1 unspecified atom stereocenters. The first-order valence-corrected chi connectivity index (χ1v) is 7.36. The van der Waals surface area contributed by atoms with Gasteiger partial charge in [0.05, 0.1) is 5.60 Å². The van der Waals surface area contributed by atoms with Gasteiger partial charge in [0.15, 0.2) is 0 Å². The van der Waals surface area contributed by atoms with Crippen molar-refractivity contribution < 1.29 is 5.11 Å². The normalized spacial score (nSPS) is 26.1. The summed E-state index contributed by atoms with van der Waals surface area (Å²) in [5.74, 6) is 0.463. The fourth-order valence-electron chi connectivity index (χ4n) is 3.28. The van der Waals surface area contributed by atoms with Crippen molar-refractivity contribution in [3.8, 4) is 0 Å². The molecule has 2 aliphatic rings. The van der Waals surface area contributed by atoms with E-state index in [1.807, 2.05) is 0 Å². The molecule has 0 aromatic heterocycles. The molecule has 0 saturated heterocycles. The van der Waals surface area contributed by atoms with E-state index in [4.69, 9.17) is 5.73 Å². The summed E-state index contributed by atoms with van der Waals surface area (Å²) in [5.41, 5.74) is 5.19. The first kappa shape index (κ1) is 13.3. The molecule has 3 heteroatoms. The molecule has 0 radical (unpaired) electrons. The molecule has 2 aliphatic carbocycles. The summed E-state index contributed by atoms with van der Waals surface area (Å²) in [6.07, 6.45) is 9.03. The smallest absolute Gasteiger partial charge is 0.0923 e. The summed E-state index contributed by atoms with van der Waals surface area (Å²) in [7, 11) is 0. The third kappa shape index (κ3) is 3.21. The Morgan fingerprint density at radius 3 is 2.29 bits per heavy atom. The molecule has 100 valence electrons. The van der Waals surface area contributed by atoms with E-state index in [2.05, 4.69) is 11.8 Å². The minimum atomic E-state index is -0.618. The van der Waals surface area contributed by atoms with Crippen LogP contribution in [-0.4, -0.2) is 41.3 Å². The maximum absolute atomic E-state index is 10.6. The molecular formula is C14H28N2O. The Morgan fingerprint density at radius 1 is 1.18 bits per heavy atom. The third-order valence-electron chi connectivity index (χ3n) is 4.66. The lowest BCUT2D eigenvalue weighted by atomic mass is 9.91. The Kier molecular flexibility index (Phi) is 4.45. The van der Waals surface area contributed by atoms with Crippen molar-refractivity contribution in [2.24, 2.45) is 11.7 Å². The number of hydrogen-bond acceptors (Lipinski definition) is 3. The maximum atomic E-state index is 10.6. The molecule has 2 fully saturated rings. The molecule has 0 bridgehead atoms. The standard InChI is InChI=1S/C14H28N2O/c1-2-16(13-6-4-3-5-7-13)11-14(17,10-15)12-8-9-12/h12-13,17H,2-11,15H2,1H3. The van der Waals surface area contributed by atoms with Crippen molar-refractivity contribution >= 4 is 0 Å². The molecule has 2 saturated carbocycles. The van der Waals surface area contributed by atoms with Crippen molar-refractivity contribution in [2.45, 2.75) is 63.5 Å². The van der Waals surface area contributed by atoms with E-state index in [0.717, 1.165) is 25.9 Å². The summed E-state index contributed by atoms with van der Waals surface area (Å²) >= 11 is 0. The topological polar surface area (TPSA) is 49.5 Å². The van der Waals surface area contributed by atoms with E-state index < -0.39 is 5.60 Å². The lowest BCUT2D eigenvalue weighted by Gasteiger charge is -2.39. The molecule has 17 heavy (non-hydrogen) atoms. The predicted molar refractivity (Wildman–Crippen MR) is 70.8 cm³/mol. The molecule has 0 aromatic carbocycles. The number of hydrogen-bond donors (Lipinski definition) is 2. The van der Waals surface area contributed by atoms with Crippen LogP contribution in [-0.2, 0) is 0 Å². The van der Waals surface area contributed by atoms with Crippen molar-refractivity contribution in [3.05, 3.63) is 0 Å². The predicted octanol–water partition coefficient (Wildman–Crippen LogP) is 1.74. The van der Waals surface area contributed by atoms with Gasteiger partial charge in [-0.2, -0.15) is 0 Å². The summed E-state index contributed by atoms with van der Waals surface area (Å²) < 4.78 is 0. The van der Waals surface area contributed by atoms with Gasteiger partial charge in [0.25, 0.3) is 0 Å². The fraction of sp³-hybridized carbons (Fsp3) is 1.00. The van der Waals surface area contributed by atoms with Crippen molar-refractivity contribution in [3.63, 3.8) is 0 Å². The average Bonchev–Trinajstić information content (AvgIpc) is 3.21. The summed E-state index contributed by atoms with van der Waals surface area (Å²) in [5, 5.41) is 10.6. The fourth-order valence-corrected chi connectivity index (χ4v) is 3.28. The molecule has 1 atom stereocenters. The highest BCUT2D eigenvalue weighted by Gasteiger charge is 2.44. The zero-order valence-electron chi connectivity index (χ0n) is 11.2. The van der Waals surface area contributed by atoms with E-state index in [1.165, 1.54) is 32.1 Å². The highest BCUT2D eigenvalue weighted by molar-refractivity contribution is 4.98. The monoisotopic (exact) mass is 240 g/mol. The molecule has 0 aromatic rings. The van der Waals surface area contributed by atoms with Crippen LogP contribution in [0.3, 0.4) is 0 Å². The van der Waals surface area contributed by atoms with Crippen LogP contribution >= 0.6 is 0 Å². The molecule has 3 N–H and O–H groups in total. The van der Waals surface area contributed by atoms with Gasteiger partial charge in [0, 0.05) is 19.1 Å². The minimum Gasteiger partial charge on any atom is -0.387 e. The molecule has 3 nitrogen and oxygen atoms in total. The first-order chi connectivity index (χ1) is 8.19. The van der Waals surface area contributed by atoms with Gasteiger partial charge < -0.3 is 10.8 Å².